The molecule has 2 fully saturated rings. The molecule has 8 nitrogen and oxygen atoms in total. The van der Waals surface area contributed by atoms with Crippen LogP contribution in [-0.2, 0) is 9.59 Å². The van der Waals surface area contributed by atoms with Crippen LogP contribution in [0.15, 0.2) is 24.3 Å². The second kappa shape index (κ2) is 9.47. The summed E-state index contributed by atoms with van der Waals surface area (Å²) in [7, 11) is 2.05. The molecule has 0 saturated carbocycles. The smallest absolute Gasteiger partial charge is 0.254 e. The van der Waals surface area contributed by atoms with Crippen molar-refractivity contribution in [3.8, 4) is 0 Å². The number of anilines is 1. The summed E-state index contributed by atoms with van der Waals surface area (Å²) in [5, 5.41) is 3.30. The molecular weight excluding hydrogens is 382 g/mol. The molecule has 0 radical (unpaired) electrons. The van der Waals surface area contributed by atoms with E-state index in [4.69, 9.17) is 5.73 Å². The molecule has 2 heterocycles. The first-order valence-electron chi connectivity index (χ1n) is 10.7. The van der Waals surface area contributed by atoms with Crippen LogP contribution in [0.1, 0.15) is 37.0 Å². The number of benzene rings is 1. The Kier molecular flexibility index (Phi) is 6.97. The van der Waals surface area contributed by atoms with Crippen molar-refractivity contribution in [3.63, 3.8) is 0 Å². The number of amides is 3. The van der Waals surface area contributed by atoms with Gasteiger partial charge in [0.15, 0.2) is 0 Å². The van der Waals surface area contributed by atoms with Gasteiger partial charge in [-0.15, -0.1) is 0 Å². The van der Waals surface area contributed by atoms with Crippen LogP contribution in [0.4, 0.5) is 5.69 Å². The van der Waals surface area contributed by atoms with Crippen molar-refractivity contribution in [2.45, 2.75) is 38.8 Å². The first-order valence-corrected chi connectivity index (χ1v) is 10.7. The SMILES string of the molecule is CC(C)C(Nc1cccc(C(=O)N2CCN(C)CC2)c1)C(=O)N1CCCC1C(N)=O. The van der Waals surface area contributed by atoms with E-state index in [1.54, 1.807) is 11.0 Å². The Morgan fingerprint density at radius 3 is 2.43 bits per heavy atom. The minimum Gasteiger partial charge on any atom is -0.373 e. The standard InChI is InChI=1S/C22H33N5O3/c1-15(2)19(22(30)27-9-5-8-18(27)20(23)28)24-17-7-4-6-16(14-17)21(29)26-12-10-25(3)11-13-26/h4,6-7,14-15,18-19,24H,5,8-13H2,1-3H3,(H2,23,28). The normalized spacial score (nSPS) is 21.0. The molecule has 30 heavy (non-hydrogen) atoms. The largest absolute Gasteiger partial charge is 0.373 e. The van der Waals surface area contributed by atoms with Gasteiger partial charge in [-0.1, -0.05) is 19.9 Å². The number of nitrogens with one attached hydrogen (secondary N) is 1. The van der Waals surface area contributed by atoms with E-state index in [-0.39, 0.29) is 17.7 Å². The number of nitrogens with zero attached hydrogens (tertiary/aromatic N) is 3. The van der Waals surface area contributed by atoms with Crippen LogP contribution < -0.4 is 11.1 Å². The number of nitrogens with two attached hydrogens (primary N) is 1. The minimum atomic E-state index is -0.536. The van der Waals surface area contributed by atoms with E-state index in [9.17, 15) is 14.4 Å². The number of carbonyl (C=O) groups excluding carboxylic acids is 3. The molecule has 2 aliphatic heterocycles. The zero-order chi connectivity index (χ0) is 21.8. The van der Waals surface area contributed by atoms with Crippen LogP contribution in [0.5, 0.6) is 0 Å². The number of carbonyl (C=O) groups is 3. The third kappa shape index (κ3) is 4.92. The monoisotopic (exact) mass is 415 g/mol. The van der Waals surface area contributed by atoms with Gasteiger partial charge >= 0.3 is 0 Å². The molecule has 0 spiro atoms. The van der Waals surface area contributed by atoms with E-state index in [2.05, 4.69) is 17.3 Å². The number of rotatable bonds is 6. The fraction of sp³-hybridized carbons (Fsp3) is 0.591. The van der Waals surface area contributed by atoms with Crippen molar-refractivity contribution >= 4 is 23.4 Å². The maximum atomic E-state index is 13.2. The fourth-order valence-corrected chi connectivity index (χ4v) is 4.13. The van der Waals surface area contributed by atoms with Crippen molar-refractivity contribution in [2.75, 3.05) is 45.1 Å². The predicted molar refractivity (Wildman–Crippen MR) is 116 cm³/mol. The zero-order valence-electron chi connectivity index (χ0n) is 18.1. The first-order chi connectivity index (χ1) is 14.3. The maximum absolute atomic E-state index is 13.2. The molecule has 2 atom stereocenters. The van der Waals surface area contributed by atoms with E-state index in [0.29, 0.717) is 31.6 Å². The molecule has 0 aliphatic carbocycles. The number of primary amides is 1. The predicted octanol–water partition coefficient (Wildman–Crippen LogP) is 0.987. The first kappa shape index (κ1) is 22.1. The van der Waals surface area contributed by atoms with Crippen molar-refractivity contribution in [3.05, 3.63) is 29.8 Å². The minimum absolute atomic E-state index is 0.00335. The van der Waals surface area contributed by atoms with Crippen molar-refractivity contribution in [1.29, 1.82) is 0 Å². The Morgan fingerprint density at radius 2 is 1.80 bits per heavy atom. The van der Waals surface area contributed by atoms with Crippen LogP contribution in [-0.4, -0.2) is 84.3 Å². The Balaban J connectivity index is 1.73. The Hall–Kier alpha value is -2.61. The second-order valence-electron chi connectivity index (χ2n) is 8.63. The van der Waals surface area contributed by atoms with E-state index in [1.807, 2.05) is 36.9 Å². The molecular formula is C22H33N5O3. The molecule has 3 rings (SSSR count). The number of piperazine rings is 1. The Morgan fingerprint density at radius 1 is 1.10 bits per heavy atom. The van der Waals surface area contributed by atoms with Gasteiger partial charge < -0.3 is 25.8 Å². The molecule has 1 aromatic carbocycles. The zero-order valence-corrected chi connectivity index (χ0v) is 18.1. The molecule has 0 bridgehead atoms. The summed E-state index contributed by atoms with van der Waals surface area (Å²) in [4.78, 5) is 43.5. The van der Waals surface area contributed by atoms with Crippen molar-refractivity contribution < 1.29 is 14.4 Å². The van der Waals surface area contributed by atoms with Gasteiger partial charge in [0.25, 0.3) is 5.91 Å². The third-order valence-corrected chi connectivity index (χ3v) is 6.02. The van der Waals surface area contributed by atoms with E-state index >= 15 is 0 Å². The average molecular weight is 416 g/mol. The number of likely N-dealkylation sites (N-methyl/N-ethyl adjacent to an activating group) is 1. The van der Waals surface area contributed by atoms with Gasteiger partial charge in [-0.05, 0) is 44.0 Å². The lowest BCUT2D eigenvalue weighted by Crippen LogP contribution is -2.51. The number of likely N-dealkylation sites (tertiary alicyclic amines) is 1. The highest BCUT2D eigenvalue weighted by molar-refractivity contribution is 5.96. The molecule has 164 valence electrons. The highest BCUT2D eigenvalue weighted by Crippen LogP contribution is 2.23. The summed E-state index contributed by atoms with van der Waals surface area (Å²) >= 11 is 0. The van der Waals surface area contributed by atoms with Gasteiger partial charge in [0, 0.05) is 44.0 Å². The molecule has 2 aliphatic rings. The van der Waals surface area contributed by atoms with Crippen LogP contribution in [0.3, 0.4) is 0 Å². The summed E-state index contributed by atoms with van der Waals surface area (Å²) in [6.07, 6.45) is 1.39. The van der Waals surface area contributed by atoms with Crippen LogP contribution >= 0.6 is 0 Å². The van der Waals surface area contributed by atoms with Gasteiger partial charge in [-0.3, -0.25) is 14.4 Å². The lowest BCUT2D eigenvalue weighted by Gasteiger charge is -2.32. The lowest BCUT2D eigenvalue weighted by atomic mass is 10.0. The summed E-state index contributed by atoms with van der Waals surface area (Å²) in [5.41, 5.74) is 6.82. The van der Waals surface area contributed by atoms with Crippen molar-refractivity contribution in [2.24, 2.45) is 11.7 Å². The molecule has 1 aromatic rings. The quantitative estimate of drug-likeness (QED) is 0.722. The highest BCUT2D eigenvalue weighted by Gasteiger charge is 2.37. The van der Waals surface area contributed by atoms with Crippen molar-refractivity contribution in [1.82, 2.24) is 14.7 Å². The topological polar surface area (TPSA) is 99.0 Å². The lowest BCUT2D eigenvalue weighted by molar-refractivity contribution is -0.138. The summed E-state index contributed by atoms with van der Waals surface area (Å²) < 4.78 is 0. The third-order valence-electron chi connectivity index (χ3n) is 6.02. The fourth-order valence-electron chi connectivity index (χ4n) is 4.13. The summed E-state index contributed by atoms with van der Waals surface area (Å²) in [6.45, 7) is 7.62. The van der Waals surface area contributed by atoms with E-state index < -0.39 is 18.0 Å². The summed E-state index contributed by atoms with van der Waals surface area (Å²) in [5.74, 6) is -0.568. The van der Waals surface area contributed by atoms with Crippen LogP contribution in [0, 0.1) is 5.92 Å². The molecule has 8 heteroatoms. The molecule has 3 amide bonds. The average Bonchev–Trinajstić information content (AvgIpc) is 3.22. The van der Waals surface area contributed by atoms with Gasteiger partial charge in [0.1, 0.15) is 12.1 Å². The van der Waals surface area contributed by atoms with Crippen LogP contribution in [0.25, 0.3) is 0 Å². The number of hydrogen-bond acceptors (Lipinski definition) is 5. The second-order valence-corrected chi connectivity index (χ2v) is 8.63. The van der Waals surface area contributed by atoms with Gasteiger partial charge in [-0.25, -0.2) is 0 Å². The Labute approximate surface area is 178 Å². The summed E-state index contributed by atoms with van der Waals surface area (Å²) in [6, 6.07) is 6.26. The van der Waals surface area contributed by atoms with E-state index in [1.165, 1.54) is 0 Å². The van der Waals surface area contributed by atoms with Gasteiger partial charge in [-0.2, -0.15) is 0 Å². The van der Waals surface area contributed by atoms with E-state index in [0.717, 1.165) is 25.2 Å². The molecule has 0 aromatic heterocycles. The molecule has 2 saturated heterocycles. The van der Waals surface area contributed by atoms with Gasteiger partial charge in [0.2, 0.25) is 11.8 Å². The van der Waals surface area contributed by atoms with Crippen LogP contribution in [0.2, 0.25) is 0 Å². The van der Waals surface area contributed by atoms with Gasteiger partial charge in [0.05, 0.1) is 0 Å². The molecule has 2 unspecified atom stereocenters. The number of hydrogen-bond donors (Lipinski definition) is 2. The highest BCUT2D eigenvalue weighted by atomic mass is 16.2. The maximum Gasteiger partial charge on any atom is 0.254 e. The molecule has 3 N–H and O–H groups in total. The Bertz CT molecular complexity index is 789.